The van der Waals surface area contributed by atoms with Crippen molar-refractivity contribution < 1.29 is 4.79 Å². The van der Waals surface area contributed by atoms with Crippen LogP contribution in [0.4, 0.5) is 5.69 Å². The highest BCUT2D eigenvalue weighted by atomic mass is 35.5. The molecule has 0 aliphatic heterocycles. The molecule has 1 aromatic heterocycles. The third-order valence-corrected chi connectivity index (χ3v) is 3.57. The largest absolute Gasteiger partial charge is 0.320 e. The standard InChI is InChI=1S/C17H14ClN3O/c1-11-7-8-13(18)9-14(11)19-17(22)16-10-15(20-21-16)12-5-3-2-4-6-12/h2-10H,1H3,(H,19,22)(H,20,21). The van der Waals surface area contributed by atoms with Crippen LogP contribution >= 0.6 is 11.6 Å². The Labute approximate surface area is 133 Å². The molecule has 110 valence electrons. The van der Waals surface area contributed by atoms with Crippen LogP contribution in [0.3, 0.4) is 0 Å². The summed E-state index contributed by atoms with van der Waals surface area (Å²) < 4.78 is 0. The molecule has 0 spiro atoms. The van der Waals surface area contributed by atoms with E-state index in [1.807, 2.05) is 43.3 Å². The molecular formula is C17H14ClN3O. The Kier molecular flexibility index (Phi) is 3.94. The Morgan fingerprint density at radius 1 is 1.14 bits per heavy atom. The number of amides is 1. The number of aryl methyl sites for hydroxylation is 1. The van der Waals surface area contributed by atoms with Crippen LogP contribution in [-0.4, -0.2) is 16.1 Å². The molecule has 5 heteroatoms. The maximum Gasteiger partial charge on any atom is 0.273 e. The number of rotatable bonds is 3. The maximum atomic E-state index is 12.3. The van der Waals surface area contributed by atoms with Gasteiger partial charge in [0.15, 0.2) is 0 Å². The van der Waals surface area contributed by atoms with E-state index >= 15 is 0 Å². The van der Waals surface area contributed by atoms with Crippen molar-refractivity contribution in [1.82, 2.24) is 10.2 Å². The number of carbonyl (C=O) groups excluding carboxylic acids is 1. The number of halogens is 1. The van der Waals surface area contributed by atoms with E-state index in [0.29, 0.717) is 16.4 Å². The Balaban J connectivity index is 1.81. The lowest BCUT2D eigenvalue weighted by molar-refractivity contribution is 0.102. The van der Waals surface area contributed by atoms with Gasteiger partial charge in [-0.1, -0.05) is 48.0 Å². The zero-order valence-electron chi connectivity index (χ0n) is 11.9. The lowest BCUT2D eigenvalue weighted by atomic mass is 10.1. The molecule has 1 amide bonds. The summed E-state index contributed by atoms with van der Waals surface area (Å²) in [4.78, 5) is 12.3. The van der Waals surface area contributed by atoms with Gasteiger partial charge in [-0.15, -0.1) is 0 Å². The predicted molar refractivity (Wildman–Crippen MR) is 88.2 cm³/mol. The molecule has 2 aromatic carbocycles. The SMILES string of the molecule is Cc1ccc(Cl)cc1NC(=O)c1cc(-c2ccccc2)n[nH]1. The highest BCUT2D eigenvalue weighted by Gasteiger charge is 2.12. The fourth-order valence-corrected chi connectivity index (χ4v) is 2.29. The van der Waals surface area contributed by atoms with Crippen LogP contribution < -0.4 is 5.32 Å². The minimum Gasteiger partial charge on any atom is -0.320 e. The van der Waals surface area contributed by atoms with E-state index in [4.69, 9.17) is 11.6 Å². The summed E-state index contributed by atoms with van der Waals surface area (Å²) in [5.41, 5.74) is 3.72. The van der Waals surface area contributed by atoms with Crippen molar-refractivity contribution in [2.75, 3.05) is 5.32 Å². The van der Waals surface area contributed by atoms with Gasteiger partial charge < -0.3 is 5.32 Å². The third-order valence-electron chi connectivity index (χ3n) is 3.34. The van der Waals surface area contributed by atoms with E-state index in [-0.39, 0.29) is 5.91 Å². The van der Waals surface area contributed by atoms with Gasteiger partial charge >= 0.3 is 0 Å². The van der Waals surface area contributed by atoms with Crippen LogP contribution in [0.1, 0.15) is 16.1 Å². The van der Waals surface area contributed by atoms with Crippen LogP contribution in [-0.2, 0) is 0 Å². The number of nitrogens with one attached hydrogen (secondary N) is 2. The number of aromatic nitrogens is 2. The van der Waals surface area contributed by atoms with Crippen LogP contribution in [0.15, 0.2) is 54.6 Å². The Bertz CT molecular complexity index is 812. The molecule has 0 unspecified atom stereocenters. The lowest BCUT2D eigenvalue weighted by Crippen LogP contribution is -2.13. The highest BCUT2D eigenvalue weighted by molar-refractivity contribution is 6.31. The lowest BCUT2D eigenvalue weighted by Gasteiger charge is -2.07. The van der Waals surface area contributed by atoms with Crippen molar-refractivity contribution in [1.29, 1.82) is 0 Å². The average Bonchev–Trinajstić information content (AvgIpc) is 3.02. The molecule has 1 heterocycles. The molecule has 0 atom stereocenters. The number of hydrogen-bond acceptors (Lipinski definition) is 2. The predicted octanol–water partition coefficient (Wildman–Crippen LogP) is 4.29. The quantitative estimate of drug-likeness (QED) is 0.758. The van der Waals surface area contributed by atoms with Crippen molar-refractivity contribution >= 4 is 23.2 Å². The first-order valence-electron chi connectivity index (χ1n) is 6.82. The summed E-state index contributed by atoms with van der Waals surface area (Å²) in [6.45, 7) is 1.91. The number of hydrogen-bond donors (Lipinski definition) is 2. The van der Waals surface area contributed by atoms with E-state index in [0.717, 1.165) is 16.8 Å². The monoisotopic (exact) mass is 311 g/mol. The van der Waals surface area contributed by atoms with Gasteiger partial charge in [-0.2, -0.15) is 5.10 Å². The smallest absolute Gasteiger partial charge is 0.273 e. The molecule has 0 bridgehead atoms. The molecule has 22 heavy (non-hydrogen) atoms. The average molecular weight is 312 g/mol. The second-order valence-corrected chi connectivity index (χ2v) is 5.38. The summed E-state index contributed by atoms with van der Waals surface area (Å²) >= 11 is 5.96. The van der Waals surface area contributed by atoms with Gasteiger partial charge in [0.2, 0.25) is 0 Å². The molecule has 3 rings (SSSR count). The number of carbonyl (C=O) groups is 1. The minimum atomic E-state index is -0.250. The summed E-state index contributed by atoms with van der Waals surface area (Å²) in [7, 11) is 0. The van der Waals surface area contributed by atoms with Gasteiger partial charge in [-0.05, 0) is 30.7 Å². The molecule has 0 aliphatic carbocycles. The molecule has 0 fully saturated rings. The van der Waals surface area contributed by atoms with Crippen LogP contribution in [0, 0.1) is 6.92 Å². The van der Waals surface area contributed by atoms with Gasteiger partial charge in [0.25, 0.3) is 5.91 Å². The first kappa shape index (κ1) is 14.4. The van der Waals surface area contributed by atoms with E-state index in [1.165, 1.54) is 0 Å². The van der Waals surface area contributed by atoms with Crippen LogP contribution in [0.25, 0.3) is 11.3 Å². The number of aromatic amines is 1. The number of benzene rings is 2. The van der Waals surface area contributed by atoms with E-state index in [2.05, 4.69) is 15.5 Å². The van der Waals surface area contributed by atoms with Crippen molar-refractivity contribution in [2.45, 2.75) is 6.92 Å². The summed E-state index contributed by atoms with van der Waals surface area (Å²) in [5.74, 6) is -0.250. The van der Waals surface area contributed by atoms with E-state index < -0.39 is 0 Å². The summed E-state index contributed by atoms with van der Waals surface area (Å²) in [5, 5.41) is 10.4. The molecule has 0 saturated carbocycles. The molecule has 0 saturated heterocycles. The zero-order valence-corrected chi connectivity index (χ0v) is 12.7. The second kappa shape index (κ2) is 6.03. The van der Waals surface area contributed by atoms with Gasteiger partial charge in [-0.25, -0.2) is 0 Å². The fourth-order valence-electron chi connectivity index (χ4n) is 2.11. The van der Waals surface area contributed by atoms with E-state index in [9.17, 15) is 4.79 Å². The fraction of sp³-hybridized carbons (Fsp3) is 0.0588. The summed E-state index contributed by atoms with van der Waals surface area (Å²) in [6, 6.07) is 16.8. The van der Waals surface area contributed by atoms with Gasteiger partial charge in [0.1, 0.15) is 5.69 Å². The minimum absolute atomic E-state index is 0.250. The zero-order chi connectivity index (χ0) is 15.5. The van der Waals surface area contributed by atoms with Crippen LogP contribution in [0.2, 0.25) is 5.02 Å². The number of nitrogens with zero attached hydrogens (tertiary/aromatic N) is 1. The van der Waals surface area contributed by atoms with Crippen LogP contribution in [0.5, 0.6) is 0 Å². The van der Waals surface area contributed by atoms with Crippen molar-refractivity contribution in [3.63, 3.8) is 0 Å². The Morgan fingerprint density at radius 3 is 2.68 bits per heavy atom. The Hall–Kier alpha value is -2.59. The van der Waals surface area contributed by atoms with Crippen molar-refractivity contribution in [3.8, 4) is 11.3 Å². The maximum absolute atomic E-state index is 12.3. The number of anilines is 1. The second-order valence-electron chi connectivity index (χ2n) is 4.95. The highest BCUT2D eigenvalue weighted by Crippen LogP contribution is 2.22. The first-order valence-corrected chi connectivity index (χ1v) is 7.19. The molecule has 2 N–H and O–H groups in total. The van der Waals surface area contributed by atoms with E-state index in [1.54, 1.807) is 18.2 Å². The molecule has 3 aromatic rings. The normalized spacial score (nSPS) is 10.5. The molecular weight excluding hydrogens is 298 g/mol. The molecule has 0 radical (unpaired) electrons. The topological polar surface area (TPSA) is 57.8 Å². The number of H-pyrrole nitrogens is 1. The molecule has 0 aliphatic rings. The molecule has 4 nitrogen and oxygen atoms in total. The summed E-state index contributed by atoms with van der Waals surface area (Å²) in [6.07, 6.45) is 0. The van der Waals surface area contributed by atoms with Crippen molar-refractivity contribution in [3.05, 3.63) is 70.9 Å². The van der Waals surface area contributed by atoms with Gasteiger partial charge in [-0.3, -0.25) is 9.89 Å². The Morgan fingerprint density at radius 2 is 1.91 bits per heavy atom. The first-order chi connectivity index (χ1) is 10.6. The third kappa shape index (κ3) is 3.02. The van der Waals surface area contributed by atoms with Gasteiger partial charge in [0, 0.05) is 16.3 Å². The van der Waals surface area contributed by atoms with Gasteiger partial charge in [0.05, 0.1) is 5.69 Å². The van der Waals surface area contributed by atoms with Crippen molar-refractivity contribution in [2.24, 2.45) is 0 Å².